The van der Waals surface area contributed by atoms with E-state index in [-0.39, 0.29) is 17.8 Å². The highest BCUT2D eigenvalue weighted by Gasteiger charge is 2.21. The van der Waals surface area contributed by atoms with Crippen LogP contribution >= 0.6 is 23.1 Å². The van der Waals surface area contributed by atoms with Crippen molar-refractivity contribution in [1.29, 1.82) is 0 Å². The van der Waals surface area contributed by atoms with Crippen LogP contribution in [0.2, 0.25) is 0 Å². The van der Waals surface area contributed by atoms with Crippen LogP contribution in [-0.2, 0) is 22.5 Å². The molecular weight excluding hydrogens is 358 g/mol. The van der Waals surface area contributed by atoms with Crippen LogP contribution in [0.1, 0.15) is 37.7 Å². The zero-order chi connectivity index (χ0) is 17.6. The molecule has 0 radical (unpaired) electrons. The molecule has 9 heteroatoms. The lowest BCUT2D eigenvalue weighted by atomic mass is 10.2. The van der Waals surface area contributed by atoms with Gasteiger partial charge in [0.1, 0.15) is 5.82 Å². The van der Waals surface area contributed by atoms with Crippen molar-refractivity contribution in [2.24, 2.45) is 0 Å². The third kappa shape index (κ3) is 5.02. The standard InChI is InChI=1S/C16H23N5O2S2/c1-3-5-13-19-20-16(21(13)8-12-6-4-7-23-12)25-10-14(22)18-15-17-11(2)9-24-15/h9,12H,3-8,10H2,1-2H3,(H,17,18,22). The van der Waals surface area contributed by atoms with Crippen molar-refractivity contribution in [3.05, 3.63) is 16.9 Å². The second-order valence-electron chi connectivity index (χ2n) is 6.03. The Morgan fingerprint density at radius 3 is 3.08 bits per heavy atom. The van der Waals surface area contributed by atoms with E-state index in [2.05, 4.69) is 32.0 Å². The Bertz CT molecular complexity index is 709. The van der Waals surface area contributed by atoms with E-state index in [1.807, 2.05) is 12.3 Å². The number of amides is 1. The SMILES string of the molecule is CCCc1nnc(SCC(=O)Nc2nc(C)cs2)n1CC1CCCO1. The lowest BCUT2D eigenvalue weighted by molar-refractivity contribution is -0.113. The molecule has 2 aromatic heterocycles. The minimum atomic E-state index is -0.0805. The van der Waals surface area contributed by atoms with Crippen molar-refractivity contribution in [3.8, 4) is 0 Å². The van der Waals surface area contributed by atoms with E-state index in [0.29, 0.717) is 5.13 Å². The van der Waals surface area contributed by atoms with Gasteiger partial charge in [-0.25, -0.2) is 4.98 Å². The van der Waals surface area contributed by atoms with Crippen LogP contribution in [0.15, 0.2) is 10.5 Å². The van der Waals surface area contributed by atoms with Crippen molar-refractivity contribution >= 4 is 34.1 Å². The highest BCUT2D eigenvalue weighted by Crippen LogP contribution is 2.22. The van der Waals surface area contributed by atoms with Crippen LogP contribution in [0.5, 0.6) is 0 Å². The van der Waals surface area contributed by atoms with Crippen molar-refractivity contribution in [2.75, 3.05) is 17.7 Å². The molecule has 1 N–H and O–H groups in total. The smallest absolute Gasteiger partial charge is 0.236 e. The molecule has 0 bridgehead atoms. The molecule has 1 aliphatic rings. The Kier molecular flexibility index (Phi) is 6.44. The first-order chi connectivity index (χ1) is 12.2. The number of anilines is 1. The fraction of sp³-hybridized carbons (Fsp3) is 0.625. The van der Waals surface area contributed by atoms with Gasteiger partial charge in [0.25, 0.3) is 0 Å². The van der Waals surface area contributed by atoms with Gasteiger partial charge in [-0.1, -0.05) is 18.7 Å². The quantitative estimate of drug-likeness (QED) is 0.708. The van der Waals surface area contributed by atoms with Gasteiger partial charge in [-0.05, 0) is 26.2 Å². The number of nitrogens with one attached hydrogen (secondary N) is 1. The first-order valence-electron chi connectivity index (χ1n) is 8.54. The molecule has 3 heterocycles. The predicted octanol–water partition coefficient (Wildman–Crippen LogP) is 2.91. The molecule has 1 atom stereocenters. The maximum Gasteiger partial charge on any atom is 0.236 e. The average molecular weight is 382 g/mol. The van der Waals surface area contributed by atoms with E-state index in [1.165, 1.54) is 23.1 Å². The summed E-state index contributed by atoms with van der Waals surface area (Å²) in [5.41, 5.74) is 0.911. The van der Waals surface area contributed by atoms with Crippen molar-refractivity contribution in [3.63, 3.8) is 0 Å². The number of aryl methyl sites for hydroxylation is 2. The van der Waals surface area contributed by atoms with Gasteiger partial charge in [0, 0.05) is 18.4 Å². The molecule has 0 spiro atoms. The van der Waals surface area contributed by atoms with Crippen LogP contribution in [-0.4, -0.2) is 44.1 Å². The number of nitrogens with zero attached hydrogens (tertiary/aromatic N) is 4. The summed E-state index contributed by atoms with van der Waals surface area (Å²) in [6.45, 7) is 5.62. The summed E-state index contributed by atoms with van der Waals surface area (Å²) in [5, 5.41) is 14.7. The number of aromatic nitrogens is 4. The summed E-state index contributed by atoms with van der Waals surface area (Å²) >= 11 is 2.84. The van der Waals surface area contributed by atoms with Gasteiger partial charge in [0.05, 0.1) is 24.1 Å². The summed E-state index contributed by atoms with van der Waals surface area (Å²) in [5.74, 6) is 1.17. The molecule has 3 rings (SSSR count). The number of hydrogen-bond donors (Lipinski definition) is 1. The van der Waals surface area contributed by atoms with Gasteiger partial charge in [-0.15, -0.1) is 21.5 Å². The zero-order valence-electron chi connectivity index (χ0n) is 14.5. The Morgan fingerprint density at radius 1 is 1.52 bits per heavy atom. The fourth-order valence-corrected chi connectivity index (χ4v) is 4.18. The molecule has 0 aliphatic carbocycles. The maximum atomic E-state index is 12.1. The third-order valence-electron chi connectivity index (χ3n) is 3.87. The van der Waals surface area contributed by atoms with Gasteiger partial charge in [0.15, 0.2) is 10.3 Å². The largest absolute Gasteiger partial charge is 0.376 e. The molecule has 136 valence electrons. The topological polar surface area (TPSA) is 81.9 Å². The second kappa shape index (κ2) is 8.77. The number of carbonyl (C=O) groups excluding carboxylic acids is 1. The normalized spacial score (nSPS) is 17.1. The molecule has 1 fully saturated rings. The lowest BCUT2D eigenvalue weighted by Crippen LogP contribution is -2.19. The van der Waals surface area contributed by atoms with Crippen molar-refractivity contribution in [2.45, 2.75) is 57.3 Å². The van der Waals surface area contributed by atoms with E-state index >= 15 is 0 Å². The number of ether oxygens (including phenoxy) is 1. The van der Waals surface area contributed by atoms with Crippen LogP contribution in [0.3, 0.4) is 0 Å². The predicted molar refractivity (Wildman–Crippen MR) is 99.2 cm³/mol. The van der Waals surface area contributed by atoms with Crippen LogP contribution < -0.4 is 5.32 Å². The van der Waals surface area contributed by atoms with Gasteiger partial charge in [0.2, 0.25) is 5.91 Å². The number of rotatable bonds is 8. The summed E-state index contributed by atoms with van der Waals surface area (Å²) in [6.07, 6.45) is 4.28. The lowest BCUT2D eigenvalue weighted by Gasteiger charge is -2.14. The Morgan fingerprint density at radius 2 is 2.40 bits per heavy atom. The number of thiazole rings is 1. The first kappa shape index (κ1) is 18.3. The van der Waals surface area contributed by atoms with Crippen LogP contribution in [0, 0.1) is 6.92 Å². The molecule has 1 saturated heterocycles. The molecule has 7 nitrogen and oxygen atoms in total. The van der Waals surface area contributed by atoms with E-state index in [4.69, 9.17) is 4.74 Å². The highest BCUT2D eigenvalue weighted by molar-refractivity contribution is 7.99. The van der Waals surface area contributed by atoms with Crippen molar-refractivity contribution < 1.29 is 9.53 Å². The molecule has 2 aromatic rings. The summed E-state index contributed by atoms with van der Waals surface area (Å²) in [4.78, 5) is 16.4. The van der Waals surface area contributed by atoms with Gasteiger partial charge < -0.3 is 14.6 Å². The maximum absolute atomic E-state index is 12.1. The monoisotopic (exact) mass is 381 g/mol. The summed E-state index contributed by atoms with van der Waals surface area (Å²) in [6, 6.07) is 0. The van der Waals surface area contributed by atoms with Crippen LogP contribution in [0.4, 0.5) is 5.13 Å². The van der Waals surface area contributed by atoms with E-state index in [0.717, 1.165) is 55.5 Å². The van der Waals surface area contributed by atoms with Gasteiger partial charge >= 0.3 is 0 Å². The average Bonchev–Trinajstić information content (AvgIpc) is 3.31. The molecular formula is C16H23N5O2S2. The molecule has 1 unspecified atom stereocenters. The number of hydrogen-bond acceptors (Lipinski definition) is 7. The number of thioether (sulfide) groups is 1. The van der Waals surface area contributed by atoms with Crippen molar-refractivity contribution in [1.82, 2.24) is 19.7 Å². The summed E-state index contributed by atoms with van der Waals surface area (Å²) in [7, 11) is 0. The van der Waals surface area contributed by atoms with Gasteiger partial charge in [-0.2, -0.15) is 0 Å². The molecule has 0 aromatic carbocycles. The van der Waals surface area contributed by atoms with E-state index < -0.39 is 0 Å². The minimum Gasteiger partial charge on any atom is -0.376 e. The Hall–Kier alpha value is -1.45. The Balaban J connectivity index is 1.61. The van der Waals surface area contributed by atoms with Crippen LogP contribution in [0.25, 0.3) is 0 Å². The van der Waals surface area contributed by atoms with Gasteiger partial charge in [-0.3, -0.25) is 4.79 Å². The fourth-order valence-electron chi connectivity index (χ4n) is 2.71. The Labute approximate surface area is 155 Å². The number of carbonyl (C=O) groups is 1. The highest BCUT2D eigenvalue weighted by atomic mass is 32.2. The molecule has 1 amide bonds. The van der Waals surface area contributed by atoms with E-state index in [1.54, 1.807) is 0 Å². The zero-order valence-corrected chi connectivity index (χ0v) is 16.2. The molecule has 1 aliphatic heterocycles. The third-order valence-corrected chi connectivity index (χ3v) is 5.72. The first-order valence-corrected chi connectivity index (χ1v) is 10.4. The molecule has 0 saturated carbocycles. The summed E-state index contributed by atoms with van der Waals surface area (Å²) < 4.78 is 7.87. The second-order valence-corrected chi connectivity index (χ2v) is 7.83. The minimum absolute atomic E-state index is 0.0805. The van der Waals surface area contributed by atoms with E-state index in [9.17, 15) is 4.79 Å². The molecule has 25 heavy (non-hydrogen) atoms.